The van der Waals surface area contributed by atoms with Gasteiger partial charge in [-0.1, -0.05) is 6.92 Å². The monoisotopic (exact) mass is 349 g/mol. The molecule has 6 nitrogen and oxygen atoms in total. The van der Waals surface area contributed by atoms with Gasteiger partial charge in [-0.25, -0.2) is 4.79 Å². The maximum atomic E-state index is 12.7. The minimum atomic E-state index is -0.287. The standard InChI is InChI=1S/C17H23N3O3S/c1-2-8-19-15(22)13(16-20(17(19)23)11-12-24-16)6-7-14(21)18-9-4-3-5-10-18/h6-7H,2-5,8-12H2,1H3/b7-6+. The van der Waals surface area contributed by atoms with E-state index in [4.69, 9.17) is 0 Å². The highest BCUT2D eigenvalue weighted by Crippen LogP contribution is 2.26. The number of piperidine rings is 1. The molecule has 0 saturated carbocycles. The lowest BCUT2D eigenvalue weighted by atomic mass is 10.1. The summed E-state index contributed by atoms with van der Waals surface area (Å²) in [6.45, 7) is 4.52. The van der Waals surface area contributed by atoms with E-state index in [-0.39, 0.29) is 17.2 Å². The Balaban J connectivity index is 1.95. The van der Waals surface area contributed by atoms with Crippen molar-refractivity contribution in [1.82, 2.24) is 14.0 Å². The number of thioether (sulfide) groups is 1. The van der Waals surface area contributed by atoms with Crippen molar-refractivity contribution in [2.24, 2.45) is 0 Å². The molecule has 3 rings (SSSR count). The molecule has 1 amide bonds. The predicted molar refractivity (Wildman–Crippen MR) is 95.4 cm³/mol. The summed E-state index contributed by atoms with van der Waals surface area (Å²) in [4.78, 5) is 39.3. The van der Waals surface area contributed by atoms with E-state index < -0.39 is 0 Å². The second kappa shape index (κ2) is 7.42. The number of hydrogen-bond acceptors (Lipinski definition) is 4. The fraction of sp³-hybridized carbons (Fsp3) is 0.588. The van der Waals surface area contributed by atoms with E-state index in [0.717, 1.165) is 38.1 Å². The van der Waals surface area contributed by atoms with Gasteiger partial charge < -0.3 is 4.90 Å². The molecule has 0 unspecified atom stereocenters. The lowest BCUT2D eigenvalue weighted by Gasteiger charge is -2.25. The second-order valence-corrected chi connectivity index (χ2v) is 7.26. The van der Waals surface area contributed by atoms with Gasteiger partial charge in [0.1, 0.15) is 0 Å². The molecule has 1 saturated heterocycles. The highest BCUT2D eigenvalue weighted by Gasteiger charge is 2.22. The fourth-order valence-corrected chi connectivity index (χ4v) is 4.33. The predicted octanol–water partition coefficient (Wildman–Crippen LogP) is 1.55. The van der Waals surface area contributed by atoms with Crippen molar-refractivity contribution >= 4 is 23.7 Å². The maximum absolute atomic E-state index is 12.7. The lowest BCUT2D eigenvalue weighted by molar-refractivity contribution is -0.126. The van der Waals surface area contributed by atoms with Crippen LogP contribution in [0.1, 0.15) is 38.2 Å². The van der Waals surface area contributed by atoms with Gasteiger partial charge in [-0.3, -0.25) is 18.7 Å². The summed E-state index contributed by atoms with van der Waals surface area (Å²) in [6.07, 6.45) is 7.06. The average Bonchev–Trinajstić information content (AvgIpc) is 3.09. The number of aromatic nitrogens is 2. The van der Waals surface area contributed by atoms with Crippen LogP contribution in [0.4, 0.5) is 0 Å². The Morgan fingerprint density at radius 3 is 2.62 bits per heavy atom. The molecule has 7 heteroatoms. The normalized spacial score (nSPS) is 17.5. The van der Waals surface area contributed by atoms with Gasteiger partial charge >= 0.3 is 5.69 Å². The molecule has 24 heavy (non-hydrogen) atoms. The van der Waals surface area contributed by atoms with Crippen LogP contribution in [0.25, 0.3) is 6.08 Å². The Kier molecular flexibility index (Phi) is 5.28. The van der Waals surface area contributed by atoms with Crippen molar-refractivity contribution in [3.63, 3.8) is 0 Å². The highest BCUT2D eigenvalue weighted by atomic mass is 32.2. The van der Waals surface area contributed by atoms with Crippen molar-refractivity contribution in [2.45, 2.75) is 50.7 Å². The molecule has 0 N–H and O–H groups in total. The summed E-state index contributed by atoms with van der Waals surface area (Å²) >= 11 is 1.51. The molecule has 1 aromatic rings. The molecular formula is C17H23N3O3S. The van der Waals surface area contributed by atoms with Gasteiger partial charge in [0.2, 0.25) is 5.91 Å². The molecule has 2 aliphatic rings. The Morgan fingerprint density at radius 1 is 1.17 bits per heavy atom. The third-order valence-electron chi connectivity index (χ3n) is 4.47. The third kappa shape index (κ3) is 3.22. The highest BCUT2D eigenvalue weighted by molar-refractivity contribution is 7.99. The van der Waals surface area contributed by atoms with Crippen LogP contribution in [0.15, 0.2) is 20.7 Å². The van der Waals surface area contributed by atoms with Crippen LogP contribution >= 0.6 is 11.8 Å². The SMILES string of the molecule is CCCn1c(=O)c(/C=C/C(=O)N2CCCCC2)c2n(c1=O)CCS2. The Morgan fingerprint density at radius 2 is 1.92 bits per heavy atom. The van der Waals surface area contributed by atoms with Crippen molar-refractivity contribution in [3.05, 3.63) is 32.5 Å². The molecule has 0 atom stereocenters. The zero-order valence-corrected chi connectivity index (χ0v) is 14.8. The minimum absolute atomic E-state index is 0.0518. The topological polar surface area (TPSA) is 64.3 Å². The summed E-state index contributed by atoms with van der Waals surface area (Å²) in [5, 5.41) is 0.694. The van der Waals surface area contributed by atoms with Gasteiger partial charge in [0.15, 0.2) is 0 Å². The van der Waals surface area contributed by atoms with Gasteiger partial charge in [0, 0.05) is 38.0 Å². The molecule has 1 fully saturated rings. The first-order chi connectivity index (χ1) is 11.6. The van der Waals surface area contributed by atoms with Gasteiger partial charge in [0.25, 0.3) is 5.56 Å². The van der Waals surface area contributed by atoms with E-state index in [0.29, 0.717) is 23.7 Å². The van der Waals surface area contributed by atoms with Crippen molar-refractivity contribution < 1.29 is 4.79 Å². The summed E-state index contributed by atoms with van der Waals surface area (Å²) in [5.74, 6) is 0.732. The number of rotatable bonds is 4. The van der Waals surface area contributed by atoms with Crippen LogP contribution in [0.5, 0.6) is 0 Å². The van der Waals surface area contributed by atoms with E-state index in [1.807, 2.05) is 11.8 Å². The van der Waals surface area contributed by atoms with Crippen LogP contribution in [-0.4, -0.2) is 38.8 Å². The van der Waals surface area contributed by atoms with Crippen LogP contribution in [-0.2, 0) is 17.9 Å². The Bertz CT molecular complexity index is 773. The van der Waals surface area contributed by atoms with E-state index >= 15 is 0 Å². The number of nitrogens with zero attached hydrogens (tertiary/aromatic N) is 3. The molecule has 1 aromatic heterocycles. The third-order valence-corrected chi connectivity index (χ3v) is 5.57. The molecule has 0 radical (unpaired) electrons. The number of carbonyl (C=O) groups excluding carboxylic acids is 1. The smallest absolute Gasteiger partial charge is 0.331 e. The van der Waals surface area contributed by atoms with Gasteiger partial charge in [-0.15, -0.1) is 11.8 Å². The van der Waals surface area contributed by atoms with E-state index in [1.165, 1.54) is 28.8 Å². The van der Waals surface area contributed by atoms with Crippen molar-refractivity contribution in [1.29, 1.82) is 0 Å². The molecular weight excluding hydrogens is 326 g/mol. The number of likely N-dealkylation sites (tertiary alicyclic amines) is 1. The first-order valence-corrected chi connectivity index (χ1v) is 9.59. The van der Waals surface area contributed by atoms with Gasteiger partial charge in [0.05, 0.1) is 10.6 Å². The first-order valence-electron chi connectivity index (χ1n) is 8.61. The number of fused-ring (bicyclic) bond motifs is 1. The molecule has 0 bridgehead atoms. The van der Waals surface area contributed by atoms with Crippen LogP contribution in [0.3, 0.4) is 0 Å². The second-order valence-electron chi connectivity index (χ2n) is 6.18. The van der Waals surface area contributed by atoms with Crippen LogP contribution in [0.2, 0.25) is 0 Å². The van der Waals surface area contributed by atoms with Crippen molar-refractivity contribution in [2.75, 3.05) is 18.8 Å². The molecule has 0 spiro atoms. The summed E-state index contributed by atoms with van der Waals surface area (Å²) in [6, 6.07) is 0. The number of hydrogen-bond donors (Lipinski definition) is 0. The summed E-state index contributed by atoms with van der Waals surface area (Å²) in [7, 11) is 0. The lowest BCUT2D eigenvalue weighted by Crippen LogP contribution is -2.41. The zero-order valence-electron chi connectivity index (χ0n) is 14.0. The average molecular weight is 349 g/mol. The Hall–Kier alpha value is -1.76. The van der Waals surface area contributed by atoms with E-state index in [2.05, 4.69) is 0 Å². The minimum Gasteiger partial charge on any atom is -0.339 e. The summed E-state index contributed by atoms with van der Waals surface area (Å²) < 4.78 is 2.95. The van der Waals surface area contributed by atoms with E-state index in [1.54, 1.807) is 10.6 Å². The fourth-order valence-electron chi connectivity index (χ4n) is 3.23. The summed E-state index contributed by atoms with van der Waals surface area (Å²) in [5.41, 5.74) is -0.0533. The molecule has 3 heterocycles. The molecule has 0 aliphatic carbocycles. The van der Waals surface area contributed by atoms with Crippen LogP contribution in [0, 0.1) is 0 Å². The van der Waals surface area contributed by atoms with E-state index in [9.17, 15) is 14.4 Å². The van der Waals surface area contributed by atoms with Crippen molar-refractivity contribution in [3.8, 4) is 0 Å². The first kappa shape index (κ1) is 17.1. The zero-order chi connectivity index (χ0) is 17.1. The van der Waals surface area contributed by atoms with Crippen LogP contribution < -0.4 is 11.2 Å². The maximum Gasteiger partial charge on any atom is 0.331 e. The Labute approximate surface area is 145 Å². The molecule has 130 valence electrons. The van der Waals surface area contributed by atoms with Gasteiger partial charge in [-0.2, -0.15) is 0 Å². The molecule has 2 aliphatic heterocycles. The largest absolute Gasteiger partial charge is 0.339 e. The van der Waals surface area contributed by atoms with Gasteiger partial charge in [-0.05, 0) is 31.8 Å². The quantitative estimate of drug-likeness (QED) is 0.611. The molecule has 0 aromatic carbocycles. The number of carbonyl (C=O) groups is 1. The number of amides is 1.